The van der Waals surface area contributed by atoms with Gasteiger partial charge in [0, 0.05) is 36.2 Å². The number of carbonyl (C=O) groups is 1. The number of nitrogens with zero attached hydrogens (tertiary/aromatic N) is 1. The maximum absolute atomic E-state index is 12.0. The molecule has 1 aromatic carbocycles. The van der Waals surface area contributed by atoms with Crippen molar-refractivity contribution in [3.05, 3.63) is 33.8 Å². The Hall–Kier alpha value is -0.810. The van der Waals surface area contributed by atoms with E-state index in [1.165, 1.54) is 4.90 Å². The van der Waals surface area contributed by atoms with Crippen LogP contribution in [0, 0.1) is 0 Å². The predicted molar refractivity (Wildman–Crippen MR) is 82.2 cm³/mol. The molecule has 0 heterocycles. The minimum absolute atomic E-state index is 0.0631. The number of hydrogen-bond acceptors (Lipinski definition) is 3. The van der Waals surface area contributed by atoms with Gasteiger partial charge in [0.05, 0.1) is 11.6 Å². The number of carbonyl (C=O) groups excluding carboxylic acids is 1. The predicted octanol–water partition coefficient (Wildman–Crippen LogP) is 2.48. The van der Waals surface area contributed by atoms with E-state index >= 15 is 0 Å². The second-order valence-corrected chi connectivity index (χ2v) is 6.23. The molecular weight excluding hydrogens is 299 g/mol. The highest BCUT2D eigenvalue weighted by Crippen LogP contribution is 2.26. The highest BCUT2D eigenvalue weighted by molar-refractivity contribution is 6.35. The fourth-order valence-corrected chi connectivity index (χ4v) is 2.40. The Morgan fingerprint density at radius 2 is 2.00 bits per heavy atom. The Balaban J connectivity index is 2.72. The first kappa shape index (κ1) is 17.2. The summed E-state index contributed by atoms with van der Waals surface area (Å²) < 4.78 is 0. The monoisotopic (exact) mass is 318 g/mol. The molecule has 1 rings (SSSR count). The molecule has 6 heteroatoms. The van der Waals surface area contributed by atoms with E-state index in [1.807, 2.05) is 0 Å². The maximum atomic E-state index is 12.0. The summed E-state index contributed by atoms with van der Waals surface area (Å²) in [5.41, 5.74) is -0.180. The van der Waals surface area contributed by atoms with Crippen molar-refractivity contribution in [2.75, 3.05) is 20.6 Å². The lowest BCUT2D eigenvalue weighted by atomic mass is 10.0. The number of hydrogen-bond donors (Lipinski definition) is 2. The quantitative estimate of drug-likeness (QED) is 0.877. The standard InChI is InChI=1S/C14H20Cl2N2O2/c1-14(2,13(20)18(3)4)17-8-12(19)10-6-5-9(15)7-11(10)16/h5-7,12,17,19H,8H2,1-4H3. The van der Waals surface area contributed by atoms with Gasteiger partial charge in [0.25, 0.3) is 0 Å². The van der Waals surface area contributed by atoms with Crippen LogP contribution in [0.2, 0.25) is 10.0 Å². The smallest absolute Gasteiger partial charge is 0.241 e. The Bertz CT molecular complexity index is 490. The van der Waals surface area contributed by atoms with E-state index in [0.717, 1.165) is 0 Å². The molecule has 0 bridgehead atoms. The van der Waals surface area contributed by atoms with Gasteiger partial charge in [-0.1, -0.05) is 29.3 Å². The number of nitrogens with one attached hydrogen (secondary N) is 1. The van der Waals surface area contributed by atoms with Gasteiger partial charge in [-0.2, -0.15) is 0 Å². The van der Waals surface area contributed by atoms with Crippen LogP contribution in [0.5, 0.6) is 0 Å². The summed E-state index contributed by atoms with van der Waals surface area (Å²) in [4.78, 5) is 13.5. The Labute approximate surface area is 129 Å². The minimum atomic E-state index is -0.811. The third-order valence-corrected chi connectivity index (χ3v) is 3.56. The molecule has 20 heavy (non-hydrogen) atoms. The van der Waals surface area contributed by atoms with Crippen LogP contribution in [0.1, 0.15) is 25.5 Å². The van der Waals surface area contributed by atoms with Crippen LogP contribution in [0.25, 0.3) is 0 Å². The summed E-state index contributed by atoms with van der Waals surface area (Å²) in [5.74, 6) is -0.0631. The fourth-order valence-electron chi connectivity index (χ4n) is 1.87. The molecule has 0 fully saturated rings. The molecule has 1 unspecified atom stereocenters. The molecule has 4 nitrogen and oxygen atoms in total. The first-order chi connectivity index (χ1) is 9.15. The van der Waals surface area contributed by atoms with E-state index in [1.54, 1.807) is 46.1 Å². The molecule has 1 atom stereocenters. The van der Waals surface area contributed by atoms with Gasteiger partial charge in [-0.25, -0.2) is 0 Å². The van der Waals surface area contributed by atoms with Gasteiger partial charge in [-0.15, -0.1) is 0 Å². The molecule has 0 radical (unpaired) electrons. The average molecular weight is 319 g/mol. The molecule has 112 valence electrons. The molecule has 0 aromatic heterocycles. The van der Waals surface area contributed by atoms with Crippen molar-refractivity contribution in [3.8, 4) is 0 Å². The largest absolute Gasteiger partial charge is 0.387 e. The topological polar surface area (TPSA) is 52.6 Å². The minimum Gasteiger partial charge on any atom is -0.387 e. The molecule has 0 aliphatic heterocycles. The second-order valence-electron chi connectivity index (χ2n) is 5.39. The van der Waals surface area contributed by atoms with Gasteiger partial charge in [0.1, 0.15) is 0 Å². The van der Waals surface area contributed by atoms with Crippen molar-refractivity contribution in [1.82, 2.24) is 10.2 Å². The number of aliphatic hydroxyl groups excluding tert-OH is 1. The van der Waals surface area contributed by atoms with Crippen molar-refractivity contribution in [3.63, 3.8) is 0 Å². The molecule has 0 aliphatic rings. The van der Waals surface area contributed by atoms with Gasteiger partial charge < -0.3 is 15.3 Å². The van der Waals surface area contributed by atoms with Crippen LogP contribution < -0.4 is 5.32 Å². The first-order valence-corrected chi connectivity index (χ1v) is 7.00. The van der Waals surface area contributed by atoms with Crippen LogP contribution in [0.4, 0.5) is 0 Å². The zero-order valence-electron chi connectivity index (χ0n) is 12.1. The SMILES string of the molecule is CN(C)C(=O)C(C)(C)NCC(O)c1ccc(Cl)cc1Cl. The highest BCUT2D eigenvalue weighted by atomic mass is 35.5. The van der Waals surface area contributed by atoms with Crippen LogP contribution in [-0.4, -0.2) is 42.1 Å². The summed E-state index contributed by atoms with van der Waals surface area (Å²) >= 11 is 11.9. The summed E-state index contributed by atoms with van der Waals surface area (Å²) in [6, 6.07) is 4.93. The van der Waals surface area contributed by atoms with E-state index in [4.69, 9.17) is 23.2 Å². The van der Waals surface area contributed by atoms with Crippen molar-refractivity contribution >= 4 is 29.1 Å². The Kier molecular flexibility index (Phi) is 5.83. The molecule has 0 saturated heterocycles. The lowest BCUT2D eigenvalue weighted by molar-refractivity contribution is -0.134. The van der Waals surface area contributed by atoms with Crippen molar-refractivity contribution in [2.24, 2.45) is 0 Å². The van der Waals surface area contributed by atoms with Crippen molar-refractivity contribution in [2.45, 2.75) is 25.5 Å². The van der Waals surface area contributed by atoms with Crippen LogP contribution >= 0.6 is 23.2 Å². The van der Waals surface area contributed by atoms with E-state index in [2.05, 4.69) is 5.32 Å². The molecule has 0 saturated carbocycles. The zero-order valence-corrected chi connectivity index (χ0v) is 13.6. The molecule has 1 amide bonds. The highest BCUT2D eigenvalue weighted by Gasteiger charge is 2.29. The molecule has 2 N–H and O–H groups in total. The third-order valence-electron chi connectivity index (χ3n) is 3.00. The number of aliphatic hydroxyl groups is 1. The Morgan fingerprint density at radius 3 is 2.50 bits per heavy atom. The van der Waals surface area contributed by atoms with E-state index in [-0.39, 0.29) is 12.5 Å². The second kappa shape index (κ2) is 6.76. The summed E-state index contributed by atoms with van der Waals surface area (Å²) in [5, 5.41) is 14.1. The molecule has 0 spiro atoms. The normalized spacial score (nSPS) is 13.2. The van der Waals surface area contributed by atoms with E-state index in [9.17, 15) is 9.90 Å². The molecule has 0 aliphatic carbocycles. The number of amides is 1. The lowest BCUT2D eigenvalue weighted by Crippen LogP contribution is -2.53. The number of likely N-dealkylation sites (N-methyl/N-ethyl adjacent to an activating group) is 1. The number of benzene rings is 1. The van der Waals surface area contributed by atoms with Crippen LogP contribution in [0.15, 0.2) is 18.2 Å². The lowest BCUT2D eigenvalue weighted by Gasteiger charge is -2.29. The first-order valence-electron chi connectivity index (χ1n) is 6.25. The van der Waals surface area contributed by atoms with Crippen LogP contribution in [0.3, 0.4) is 0 Å². The summed E-state index contributed by atoms with van der Waals surface area (Å²) in [7, 11) is 3.39. The third kappa shape index (κ3) is 4.35. The van der Waals surface area contributed by atoms with Crippen molar-refractivity contribution in [1.29, 1.82) is 0 Å². The average Bonchev–Trinajstić information content (AvgIpc) is 2.35. The fraction of sp³-hybridized carbons (Fsp3) is 0.500. The van der Waals surface area contributed by atoms with Gasteiger partial charge in [0.15, 0.2) is 0 Å². The summed E-state index contributed by atoms with van der Waals surface area (Å²) in [6.45, 7) is 3.75. The number of β-amino-alcohol motifs (C(OH)–C–C–N with tert-alkyl or cyclic N) is 1. The van der Waals surface area contributed by atoms with E-state index < -0.39 is 11.6 Å². The van der Waals surface area contributed by atoms with Gasteiger partial charge in [-0.05, 0) is 26.0 Å². The van der Waals surface area contributed by atoms with Gasteiger partial charge in [-0.3, -0.25) is 4.79 Å². The van der Waals surface area contributed by atoms with Gasteiger partial charge in [0.2, 0.25) is 5.91 Å². The van der Waals surface area contributed by atoms with Gasteiger partial charge >= 0.3 is 0 Å². The van der Waals surface area contributed by atoms with Crippen molar-refractivity contribution < 1.29 is 9.90 Å². The summed E-state index contributed by atoms with van der Waals surface area (Å²) in [6.07, 6.45) is -0.811. The van der Waals surface area contributed by atoms with E-state index in [0.29, 0.717) is 15.6 Å². The molecule has 1 aromatic rings. The Morgan fingerprint density at radius 1 is 1.40 bits per heavy atom. The number of halogens is 2. The number of rotatable bonds is 5. The molecular formula is C14H20Cl2N2O2. The van der Waals surface area contributed by atoms with Crippen LogP contribution in [-0.2, 0) is 4.79 Å². The zero-order chi connectivity index (χ0) is 15.5. The maximum Gasteiger partial charge on any atom is 0.241 e.